The molecule has 0 saturated heterocycles. The van der Waals surface area contributed by atoms with Crippen LogP contribution in [-0.2, 0) is 0 Å². The second kappa shape index (κ2) is 20.8. The van der Waals surface area contributed by atoms with Gasteiger partial charge in [-0.05, 0) is 61.0 Å². The molecule has 0 spiro atoms. The molecule has 0 aliphatic heterocycles. The lowest BCUT2D eigenvalue weighted by Gasteiger charge is -2.34. The number of quaternary nitrogens is 2. The second-order valence-corrected chi connectivity index (χ2v) is 7.16. The number of hydrogen-bond acceptors (Lipinski definition) is 3. The quantitative estimate of drug-likeness (QED) is 0.570. The lowest BCUT2D eigenvalue weighted by Crippen LogP contribution is -2.47. The van der Waals surface area contributed by atoms with Crippen LogP contribution in [0.3, 0.4) is 0 Å². The van der Waals surface area contributed by atoms with Crippen molar-refractivity contribution in [2.75, 3.05) is 59.0 Å². The normalized spacial score (nSPS) is 10.5. The van der Waals surface area contributed by atoms with Gasteiger partial charge in [-0.1, -0.05) is 37.3 Å². The molecule has 0 heterocycles. The van der Waals surface area contributed by atoms with Crippen LogP contribution in [0.15, 0.2) is 30.3 Å². The van der Waals surface area contributed by atoms with Crippen LogP contribution in [0.2, 0.25) is 0 Å². The molecule has 178 valence electrons. The van der Waals surface area contributed by atoms with Gasteiger partial charge in [0, 0.05) is 0 Å². The molecule has 0 radical (unpaired) electrons. The number of carboxylic acids is 1. The van der Waals surface area contributed by atoms with Gasteiger partial charge in [0.15, 0.2) is 0 Å². The zero-order valence-electron chi connectivity index (χ0n) is 21.4. The summed E-state index contributed by atoms with van der Waals surface area (Å²) in [5, 5.41) is 19.0. The summed E-state index contributed by atoms with van der Waals surface area (Å²) < 4.78 is 2.56. The van der Waals surface area contributed by atoms with Gasteiger partial charge in [-0.2, -0.15) is 0 Å². The Balaban J connectivity index is -0.000000341. The molecule has 0 aliphatic rings. The lowest BCUT2D eigenvalue weighted by atomic mass is 10.2. The summed E-state index contributed by atoms with van der Waals surface area (Å²) in [4.78, 5) is 10.1. The molecule has 5 nitrogen and oxygen atoms in total. The Labute approximate surface area is 187 Å². The van der Waals surface area contributed by atoms with Gasteiger partial charge in [0.2, 0.25) is 0 Å². The Kier molecular flexibility index (Phi) is 23.1. The Morgan fingerprint density at radius 3 is 0.967 bits per heavy atom. The van der Waals surface area contributed by atoms with Gasteiger partial charge < -0.3 is 24.0 Å². The van der Waals surface area contributed by atoms with Gasteiger partial charge in [-0.25, -0.2) is 0 Å². The van der Waals surface area contributed by atoms with Crippen molar-refractivity contribution in [1.29, 1.82) is 0 Å². The van der Waals surface area contributed by atoms with E-state index in [0.717, 1.165) is 0 Å². The third-order valence-electron chi connectivity index (χ3n) is 6.38. The van der Waals surface area contributed by atoms with Crippen LogP contribution in [0.1, 0.15) is 72.7 Å². The first-order chi connectivity index (χ1) is 14.2. The van der Waals surface area contributed by atoms with E-state index in [4.69, 9.17) is 5.11 Å². The van der Waals surface area contributed by atoms with Gasteiger partial charge in [0.25, 0.3) is 0 Å². The molecule has 0 aliphatic carbocycles. The molecule has 1 aromatic carbocycles. The number of aromatic carboxylic acids is 1. The van der Waals surface area contributed by atoms with E-state index < -0.39 is 5.97 Å². The fraction of sp³-hybridized carbons (Fsp3) is 0.720. The Bertz CT molecular complexity index is 429. The summed E-state index contributed by atoms with van der Waals surface area (Å²) in [6, 6.07) is 8.06. The van der Waals surface area contributed by atoms with Crippen LogP contribution >= 0.6 is 0 Å². The van der Waals surface area contributed by atoms with E-state index in [1.807, 2.05) is 0 Å². The zero-order valence-corrected chi connectivity index (χ0v) is 21.4. The largest absolute Gasteiger partial charge is 0.855 e. The van der Waals surface area contributed by atoms with Crippen LogP contribution in [0, 0.1) is 0 Å². The van der Waals surface area contributed by atoms with Gasteiger partial charge in [0.1, 0.15) is 0 Å². The van der Waals surface area contributed by atoms with E-state index in [9.17, 15) is 9.90 Å². The van der Waals surface area contributed by atoms with Crippen LogP contribution in [0.5, 0.6) is 0 Å². The third kappa shape index (κ3) is 14.5. The molecule has 5 heteroatoms. The second-order valence-electron chi connectivity index (χ2n) is 7.16. The molecule has 0 aromatic heterocycles. The fourth-order valence-corrected chi connectivity index (χ4v) is 3.26. The summed E-state index contributed by atoms with van der Waals surface area (Å²) in [5.41, 5.74) is 0.220. The maximum atomic E-state index is 10.1. The number of carboxylic acid groups (broad SMARTS) is 1. The van der Waals surface area contributed by atoms with Crippen molar-refractivity contribution in [3.05, 3.63) is 35.9 Å². The van der Waals surface area contributed by atoms with Crippen molar-refractivity contribution in [1.82, 2.24) is 0 Å². The first kappa shape index (κ1) is 33.2. The number of hydrogen-bond donors (Lipinski definition) is 0. The lowest BCUT2D eigenvalue weighted by molar-refractivity contribution is -0.921. The predicted octanol–water partition coefficient (Wildman–Crippen LogP) is 3.18. The van der Waals surface area contributed by atoms with E-state index in [-0.39, 0.29) is 12.2 Å². The number of carbonyl (C=O) groups excluding carboxylic acids is 1. The van der Waals surface area contributed by atoms with Crippen LogP contribution in [0.25, 0.3) is 0 Å². The summed E-state index contributed by atoms with van der Waals surface area (Å²) >= 11 is 0. The molecule has 0 unspecified atom stereocenters. The fourth-order valence-electron chi connectivity index (χ4n) is 3.26. The molecule has 30 heavy (non-hydrogen) atoms. The maximum absolute atomic E-state index is 10.1. The standard InChI is InChI=1S/2C8H20N.C7H6O2.C2H5O/c2*1-5-9(6-2,7-3)8-4;8-7(9)6-4-2-1-3-5-6;1-2-3/h2*5-8H2,1-4H3;1-5H,(H,8,9);2H2,1H3/q2*+1;;-1/p-1. The Hall–Kier alpha value is -1.43. The zero-order chi connectivity index (χ0) is 24.1. The molecule has 0 N–H and O–H groups in total. The number of benzene rings is 1. The molecule has 0 saturated carbocycles. The SMILES string of the molecule is CC[N+](CC)(CC)CC.CC[N+](CC)(CC)CC.CC[O-].O=C([O-])c1ccccc1. The maximum Gasteiger partial charge on any atom is 0.0757 e. The molecule has 0 bridgehead atoms. The van der Waals surface area contributed by atoms with Gasteiger partial charge >= 0.3 is 0 Å². The molecule has 0 fully saturated rings. The molecule has 0 atom stereocenters. The van der Waals surface area contributed by atoms with E-state index in [2.05, 4.69) is 55.4 Å². The molecule has 1 aromatic rings. The molecule has 0 amide bonds. The monoisotopic (exact) mass is 426 g/mol. The summed E-state index contributed by atoms with van der Waals surface area (Å²) in [6.07, 6.45) is 0. The average molecular weight is 427 g/mol. The number of nitrogens with zero attached hydrogens (tertiary/aromatic N) is 2. The van der Waals surface area contributed by atoms with Crippen molar-refractivity contribution in [2.45, 2.75) is 62.3 Å². The van der Waals surface area contributed by atoms with Gasteiger partial charge in [-0.15, -0.1) is 6.61 Å². The Morgan fingerprint density at radius 1 is 0.633 bits per heavy atom. The van der Waals surface area contributed by atoms with Crippen LogP contribution in [0.4, 0.5) is 0 Å². The number of carbonyl (C=O) groups is 1. The predicted molar refractivity (Wildman–Crippen MR) is 126 cm³/mol. The van der Waals surface area contributed by atoms with Crippen molar-refractivity contribution in [3.8, 4) is 0 Å². The van der Waals surface area contributed by atoms with Crippen molar-refractivity contribution >= 4 is 5.97 Å². The minimum absolute atomic E-state index is 0. The number of rotatable bonds is 9. The summed E-state index contributed by atoms with van der Waals surface area (Å²) in [5.74, 6) is -1.13. The van der Waals surface area contributed by atoms with Crippen molar-refractivity contribution < 1.29 is 24.0 Å². The minimum Gasteiger partial charge on any atom is -0.855 e. The van der Waals surface area contributed by atoms with Crippen LogP contribution in [-0.4, -0.2) is 73.9 Å². The first-order valence-electron chi connectivity index (χ1n) is 11.8. The van der Waals surface area contributed by atoms with E-state index >= 15 is 0 Å². The smallest absolute Gasteiger partial charge is 0.0757 e. The van der Waals surface area contributed by atoms with E-state index in [1.165, 1.54) is 73.5 Å². The van der Waals surface area contributed by atoms with Crippen molar-refractivity contribution in [3.63, 3.8) is 0 Å². The van der Waals surface area contributed by atoms with Gasteiger partial charge in [-0.3, -0.25) is 0 Å². The summed E-state index contributed by atoms with van der Waals surface area (Å²) in [6.45, 7) is 30.0. The van der Waals surface area contributed by atoms with Crippen molar-refractivity contribution in [2.24, 2.45) is 0 Å². The summed E-state index contributed by atoms with van der Waals surface area (Å²) in [7, 11) is 0. The Morgan fingerprint density at radius 2 is 0.867 bits per heavy atom. The highest BCUT2D eigenvalue weighted by Gasteiger charge is 2.16. The highest BCUT2D eigenvalue weighted by molar-refractivity contribution is 5.85. The topological polar surface area (TPSA) is 63.2 Å². The third-order valence-corrected chi connectivity index (χ3v) is 6.38. The molecule has 1 rings (SSSR count). The molecular weight excluding hydrogens is 376 g/mol. The minimum atomic E-state index is -1.13. The highest BCUT2D eigenvalue weighted by atomic mass is 16.4. The average Bonchev–Trinajstić information content (AvgIpc) is 2.80. The first-order valence-corrected chi connectivity index (χ1v) is 11.8. The van der Waals surface area contributed by atoms with E-state index in [0.29, 0.717) is 0 Å². The highest BCUT2D eigenvalue weighted by Crippen LogP contribution is 2.04. The van der Waals surface area contributed by atoms with E-state index in [1.54, 1.807) is 25.1 Å². The van der Waals surface area contributed by atoms with Crippen LogP contribution < -0.4 is 10.2 Å². The molecular formula is C25H50N2O3. The van der Waals surface area contributed by atoms with Gasteiger partial charge in [0.05, 0.1) is 58.3 Å².